The highest BCUT2D eigenvalue weighted by atomic mass is 32.1. The van der Waals surface area contributed by atoms with Crippen LogP contribution in [0.3, 0.4) is 0 Å². The van der Waals surface area contributed by atoms with Crippen LogP contribution >= 0.6 is 11.3 Å². The topological polar surface area (TPSA) is 97.5 Å². The van der Waals surface area contributed by atoms with Gasteiger partial charge < -0.3 is 20.9 Å². The van der Waals surface area contributed by atoms with Crippen LogP contribution in [0.5, 0.6) is 5.75 Å². The summed E-state index contributed by atoms with van der Waals surface area (Å²) in [6.45, 7) is 0.179. The first-order valence-corrected chi connectivity index (χ1v) is 8.58. The van der Waals surface area contributed by atoms with Crippen molar-refractivity contribution in [3.05, 3.63) is 45.9 Å². The maximum Gasteiger partial charge on any atom is 0.416 e. The Balaban J connectivity index is 1.76. The van der Waals surface area contributed by atoms with Gasteiger partial charge in [-0.1, -0.05) is 0 Å². The van der Waals surface area contributed by atoms with Gasteiger partial charge in [0.15, 0.2) is 0 Å². The third-order valence-corrected chi connectivity index (χ3v) is 4.17. The number of hydrogen-bond donors (Lipinski definition) is 3. The quantitative estimate of drug-likeness (QED) is 0.640. The molecule has 0 aliphatic rings. The van der Waals surface area contributed by atoms with Crippen LogP contribution in [-0.4, -0.2) is 41.8 Å². The van der Waals surface area contributed by atoms with Crippen molar-refractivity contribution in [1.29, 1.82) is 0 Å². The molecule has 142 valence electrons. The minimum Gasteiger partial charge on any atom is -0.491 e. The molecule has 6 nitrogen and oxygen atoms in total. The molecule has 0 saturated heterocycles. The Morgan fingerprint density at radius 3 is 2.65 bits per heavy atom. The SMILES string of the molecule is NCCc1nc(C(=O)NCC(O)COc2ccc(C(F)(F)F)cc2)cs1. The summed E-state index contributed by atoms with van der Waals surface area (Å²) in [5.74, 6) is -0.243. The fourth-order valence-electron chi connectivity index (χ4n) is 1.95. The highest BCUT2D eigenvalue weighted by Crippen LogP contribution is 2.30. The van der Waals surface area contributed by atoms with E-state index in [-0.39, 0.29) is 24.6 Å². The van der Waals surface area contributed by atoms with E-state index < -0.39 is 23.8 Å². The molecule has 2 aromatic rings. The van der Waals surface area contributed by atoms with E-state index in [2.05, 4.69) is 10.3 Å². The normalized spacial score (nSPS) is 12.7. The predicted molar refractivity (Wildman–Crippen MR) is 90.2 cm³/mol. The Morgan fingerprint density at radius 2 is 2.04 bits per heavy atom. The summed E-state index contributed by atoms with van der Waals surface area (Å²) in [4.78, 5) is 16.0. The van der Waals surface area contributed by atoms with Gasteiger partial charge in [-0.05, 0) is 30.8 Å². The molecule has 4 N–H and O–H groups in total. The molecule has 0 spiro atoms. The highest BCUT2D eigenvalue weighted by Gasteiger charge is 2.30. The Labute approximate surface area is 151 Å². The Hall–Kier alpha value is -2.17. The summed E-state index contributed by atoms with van der Waals surface area (Å²) in [6, 6.07) is 4.13. The van der Waals surface area contributed by atoms with E-state index >= 15 is 0 Å². The standard InChI is InChI=1S/C16H18F3N3O3S/c17-16(18,19)10-1-3-12(4-2-10)25-8-11(23)7-21-15(24)13-9-26-14(22-13)5-6-20/h1-4,9,11,23H,5-8,20H2,(H,21,24). The van der Waals surface area contributed by atoms with Crippen molar-refractivity contribution in [3.63, 3.8) is 0 Å². The molecule has 0 fully saturated rings. The number of benzene rings is 1. The average Bonchev–Trinajstić information content (AvgIpc) is 3.06. The van der Waals surface area contributed by atoms with Crippen LogP contribution in [0.25, 0.3) is 0 Å². The molecule has 10 heteroatoms. The van der Waals surface area contributed by atoms with Gasteiger partial charge in [0.1, 0.15) is 24.2 Å². The van der Waals surface area contributed by atoms with Gasteiger partial charge >= 0.3 is 6.18 Å². The second kappa shape index (κ2) is 8.97. The number of nitrogens with two attached hydrogens (primary N) is 1. The van der Waals surface area contributed by atoms with Gasteiger partial charge in [0.2, 0.25) is 0 Å². The smallest absolute Gasteiger partial charge is 0.416 e. The number of aromatic nitrogens is 1. The van der Waals surface area contributed by atoms with E-state index in [1.807, 2.05) is 0 Å². The van der Waals surface area contributed by atoms with Crippen LogP contribution in [0.2, 0.25) is 0 Å². The number of carbonyl (C=O) groups excluding carboxylic acids is 1. The molecule has 1 aromatic heterocycles. The van der Waals surface area contributed by atoms with Crippen LogP contribution in [-0.2, 0) is 12.6 Å². The predicted octanol–water partition coefficient (Wildman–Crippen LogP) is 1.83. The number of nitrogens with zero attached hydrogens (tertiary/aromatic N) is 1. The average molecular weight is 389 g/mol. The van der Waals surface area contributed by atoms with E-state index in [0.29, 0.717) is 13.0 Å². The maximum absolute atomic E-state index is 12.5. The largest absolute Gasteiger partial charge is 0.491 e. The molecule has 0 radical (unpaired) electrons. The first-order chi connectivity index (χ1) is 12.3. The van der Waals surface area contributed by atoms with Crippen LogP contribution < -0.4 is 15.8 Å². The number of thiazole rings is 1. The van der Waals surface area contributed by atoms with E-state index in [1.54, 1.807) is 5.38 Å². The number of rotatable bonds is 8. The lowest BCUT2D eigenvalue weighted by molar-refractivity contribution is -0.137. The van der Waals surface area contributed by atoms with Gasteiger partial charge in [-0.3, -0.25) is 4.79 Å². The summed E-state index contributed by atoms with van der Waals surface area (Å²) in [5, 5.41) is 14.7. The van der Waals surface area contributed by atoms with Crippen molar-refractivity contribution in [2.75, 3.05) is 19.7 Å². The molecule has 1 aromatic carbocycles. The number of ether oxygens (including phenoxy) is 1. The Kier molecular flexibility index (Phi) is 6.95. The van der Waals surface area contributed by atoms with Crippen LogP contribution in [0.1, 0.15) is 21.1 Å². The van der Waals surface area contributed by atoms with Gasteiger partial charge in [0.25, 0.3) is 5.91 Å². The number of aliphatic hydroxyl groups is 1. The third kappa shape index (κ3) is 5.97. The first-order valence-electron chi connectivity index (χ1n) is 7.70. The molecule has 1 heterocycles. The number of nitrogens with one attached hydrogen (secondary N) is 1. The minimum atomic E-state index is -4.41. The molecule has 0 saturated carbocycles. The van der Waals surface area contributed by atoms with E-state index in [4.69, 9.17) is 10.5 Å². The monoisotopic (exact) mass is 389 g/mol. The van der Waals surface area contributed by atoms with Crippen molar-refractivity contribution < 1.29 is 27.8 Å². The highest BCUT2D eigenvalue weighted by molar-refractivity contribution is 7.09. The fourth-order valence-corrected chi connectivity index (χ4v) is 2.74. The number of amides is 1. The van der Waals surface area contributed by atoms with Gasteiger partial charge in [0.05, 0.1) is 10.6 Å². The van der Waals surface area contributed by atoms with Crippen LogP contribution in [0, 0.1) is 0 Å². The van der Waals surface area contributed by atoms with Gasteiger partial charge in [-0.15, -0.1) is 11.3 Å². The summed E-state index contributed by atoms with van der Waals surface area (Å²) in [5.41, 5.74) is 4.88. The number of carbonyl (C=O) groups is 1. The van der Waals surface area contributed by atoms with Gasteiger partial charge in [0, 0.05) is 18.3 Å². The third-order valence-electron chi connectivity index (χ3n) is 3.26. The number of hydrogen-bond acceptors (Lipinski definition) is 6. The molecule has 0 aliphatic heterocycles. The second-order valence-corrected chi connectivity index (χ2v) is 6.30. The fraction of sp³-hybridized carbons (Fsp3) is 0.375. The lowest BCUT2D eigenvalue weighted by Gasteiger charge is -2.13. The van der Waals surface area contributed by atoms with E-state index in [1.165, 1.54) is 23.5 Å². The molecular formula is C16H18F3N3O3S. The summed E-state index contributed by atoms with van der Waals surface area (Å²) in [7, 11) is 0. The maximum atomic E-state index is 12.5. The van der Waals surface area contributed by atoms with Gasteiger partial charge in [-0.25, -0.2) is 4.98 Å². The molecule has 0 aliphatic carbocycles. The molecule has 0 bridgehead atoms. The number of halogens is 3. The molecular weight excluding hydrogens is 371 g/mol. The summed E-state index contributed by atoms with van der Waals surface area (Å²) in [6.07, 6.45) is -4.85. The zero-order chi connectivity index (χ0) is 19.2. The van der Waals surface area contributed by atoms with Crippen molar-refractivity contribution >= 4 is 17.2 Å². The van der Waals surface area contributed by atoms with E-state index in [0.717, 1.165) is 17.1 Å². The second-order valence-electron chi connectivity index (χ2n) is 5.36. The van der Waals surface area contributed by atoms with Crippen molar-refractivity contribution in [2.45, 2.75) is 18.7 Å². The van der Waals surface area contributed by atoms with Crippen molar-refractivity contribution in [3.8, 4) is 5.75 Å². The Morgan fingerprint density at radius 1 is 1.35 bits per heavy atom. The summed E-state index contributed by atoms with van der Waals surface area (Å²) < 4.78 is 42.6. The zero-order valence-corrected chi connectivity index (χ0v) is 14.4. The van der Waals surface area contributed by atoms with Gasteiger partial charge in [-0.2, -0.15) is 13.2 Å². The lowest BCUT2D eigenvalue weighted by atomic mass is 10.2. The molecule has 1 unspecified atom stereocenters. The van der Waals surface area contributed by atoms with Crippen molar-refractivity contribution in [1.82, 2.24) is 10.3 Å². The molecule has 1 atom stereocenters. The summed E-state index contributed by atoms with van der Waals surface area (Å²) >= 11 is 1.33. The first kappa shape index (κ1) is 20.1. The minimum absolute atomic E-state index is 0.0801. The van der Waals surface area contributed by atoms with Crippen LogP contribution in [0.4, 0.5) is 13.2 Å². The molecule has 26 heavy (non-hydrogen) atoms. The molecule has 2 rings (SSSR count). The van der Waals surface area contributed by atoms with E-state index in [9.17, 15) is 23.1 Å². The zero-order valence-electron chi connectivity index (χ0n) is 13.6. The number of alkyl halides is 3. The van der Waals surface area contributed by atoms with Crippen LogP contribution in [0.15, 0.2) is 29.6 Å². The Bertz CT molecular complexity index is 720. The number of aliphatic hydroxyl groups excluding tert-OH is 1. The lowest BCUT2D eigenvalue weighted by Crippen LogP contribution is -2.35. The molecule has 1 amide bonds. The van der Waals surface area contributed by atoms with Crippen molar-refractivity contribution in [2.24, 2.45) is 5.73 Å².